The van der Waals surface area contributed by atoms with Crippen LogP contribution in [0.5, 0.6) is 0 Å². The van der Waals surface area contributed by atoms with Crippen LogP contribution in [0.1, 0.15) is 6.42 Å². The van der Waals surface area contributed by atoms with Crippen LogP contribution in [0, 0.1) is 0 Å². The van der Waals surface area contributed by atoms with Crippen LogP contribution in [0.25, 0.3) is 0 Å². The van der Waals surface area contributed by atoms with Crippen molar-refractivity contribution in [2.45, 2.75) is 18.1 Å². The van der Waals surface area contributed by atoms with Gasteiger partial charge in [0.25, 0.3) is 0 Å². The maximum absolute atomic E-state index is 5.71. The van der Waals surface area contributed by atoms with Crippen molar-refractivity contribution < 1.29 is 9.47 Å². The zero-order valence-corrected chi connectivity index (χ0v) is 5.30. The number of hydrogen-bond acceptors (Lipinski definition) is 3. The summed E-state index contributed by atoms with van der Waals surface area (Å²) >= 11 is 0. The van der Waals surface area contributed by atoms with E-state index in [-0.39, 0.29) is 11.6 Å². The van der Waals surface area contributed by atoms with E-state index in [1.165, 1.54) is 0 Å². The maximum Gasteiger partial charge on any atom is 0.111 e. The molecule has 2 unspecified atom stereocenters. The fourth-order valence-electron chi connectivity index (χ4n) is 1.38. The third-order valence-corrected chi connectivity index (χ3v) is 2.24. The fraction of sp³-hybridized carbons (Fsp3) is 1.00. The molecular weight excluding hydrogens is 118 g/mol. The number of ether oxygens (including phenoxy) is 2. The summed E-state index contributed by atoms with van der Waals surface area (Å²) in [6.45, 7) is 2.23. The van der Waals surface area contributed by atoms with E-state index in [4.69, 9.17) is 15.2 Å². The first-order valence-corrected chi connectivity index (χ1v) is 3.31. The standard InChI is InChI=1S/C6H11NO2/c7-5-3-9-6(5)1-2-8-4-6/h5H,1-4,7H2. The van der Waals surface area contributed by atoms with Gasteiger partial charge in [0.2, 0.25) is 0 Å². The average Bonchev–Trinajstić information content (AvgIpc) is 2.34. The predicted molar refractivity (Wildman–Crippen MR) is 32.1 cm³/mol. The molecule has 0 amide bonds. The van der Waals surface area contributed by atoms with Crippen LogP contribution in [-0.4, -0.2) is 31.5 Å². The van der Waals surface area contributed by atoms with Gasteiger partial charge in [-0.05, 0) is 0 Å². The van der Waals surface area contributed by atoms with Crippen LogP contribution in [0.3, 0.4) is 0 Å². The maximum atomic E-state index is 5.71. The molecule has 0 aliphatic carbocycles. The van der Waals surface area contributed by atoms with Gasteiger partial charge in [-0.1, -0.05) is 0 Å². The van der Waals surface area contributed by atoms with E-state index in [9.17, 15) is 0 Å². The largest absolute Gasteiger partial charge is 0.378 e. The summed E-state index contributed by atoms with van der Waals surface area (Å²) in [4.78, 5) is 0. The summed E-state index contributed by atoms with van der Waals surface area (Å²) < 4.78 is 10.5. The van der Waals surface area contributed by atoms with Gasteiger partial charge in [0.15, 0.2) is 0 Å². The smallest absolute Gasteiger partial charge is 0.111 e. The van der Waals surface area contributed by atoms with Gasteiger partial charge in [0.1, 0.15) is 5.60 Å². The summed E-state index contributed by atoms with van der Waals surface area (Å²) in [6, 6.07) is 0.222. The third kappa shape index (κ3) is 0.625. The van der Waals surface area contributed by atoms with Crippen LogP contribution in [0.2, 0.25) is 0 Å². The van der Waals surface area contributed by atoms with E-state index in [2.05, 4.69) is 0 Å². The molecule has 2 atom stereocenters. The molecule has 2 aliphatic rings. The van der Waals surface area contributed by atoms with Crippen LogP contribution in [0.15, 0.2) is 0 Å². The minimum atomic E-state index is -0.0694. The average molecular weight is 129 g/mol. The monoisotopic (exact) mass is 129 g/mol. The van der Waals surface area contributed by atoms with Gasteiger partial charge in [0, 0.05) is 13.0 Å². The Balaban J connectivity index is 2.06. The minimum Gasteiger partial charge on any atom is -0.378 e. The van der Waals surface area contributed by atoms with E-state index in [1.807, 2.05) is 0 Å². The normalized spacial score (nSPS) is 49.7. The van der Waals surface area contributed by atoms with Crippen LogP contribution < -0.4 is 5.73 Å². The lowest BCUT2D eigenvalue weighted by Crippen LogP contribution is -2.63. The van der Waals surface area contributed by atoms with Gasteiger partial charge in [-0.15, -0.1) is 0 Å². The van der Waals surface area contributed by atoms with Crippen molar-refractivity contribution in [3.8, 4) is 0 Å². The minimum absolute atomic E-state index is 0.0694. The quantitative estimate of drug-likeness (QED) is 0.479. The molecule has 9 heavy (non-hydrogen) atoms. The van der Waals surface area contributed by atoms with Crippen molar-refractivity contribution in [2.24, 2.45) is 5.73 Å². The molecule has 0 aromatic heterocycles. The summed E-state index contributed by atoms with van der Waals surface area (Å²) in [7, 11) is 0. The number of nitrogens with two attached hydrogens (primary N) is 1. The first kappa shape index (κ1) is 5.65. The second-order valence-corrected chi connectivity index (χ2v) is 2.78. The van der Waals surface area contributed by atoms with Gasteiger partial charge < -0.3 is 15.2 Å². The zero-order valence-electron chi connectivity index (χ0n) is 5.30. The lowest BCUT2D eigenvalue weighted by Gasteiger charge is -2.43. The highest BCUT2D eigenvalue weighted by Crippen LogP contribution is 2.33. The Hall–Kier alpha value is -0.120. The first-order valence-electron chi connectivity index (χ1n) is 3.31. The molecule has 2 saturated heterocycles. The summed E-state index contributed by atoms with van der Waals surface area (Å²) in [5.41, 5.74) is 5.64. The van der Waals surface area contributed by atoms with E-state index in [0.717, 1.165) is 13.0 Å². The predicted octanol–water partition coefficient (Wildman–Crippen LogP) is -0.497. The van der Waals surface area contributed by atoms with Gasteiger partial charge >= 0.3 is 0 Å². The van der Waals surface area contributed by atoms with E-state index < -0.39 is 0 Å². The Labute approximate surface area is 54.1 Å². The van der Waals surface area contributed by atoms with Crippen LogP contribution >= 0.6 is 0 Å². The van der Waals surface area contributed by atoms with Crippen molar-refractivity contribution in [3.63, 3.8) is 0 Å². The second kappa shape index (κ2) is 1.68. The Morgan fingerprint density at radius 3 is 2.67 bits per heavy atom. The van der Waals surface area contributed by atoms with E-state index >= 15 is 0 Å². The van der Waals surface area contributed by atoms with Crippen molar-refractivity contribution in [1.82, 2.24) is 0 Å². The fourth-order valence-corrected chi connectivity index (χ4v) is 1.38. The van der Waals surface area contributed by atoms with Crippen molar-refractivity contribution in [2.75, 3.05) is 19.8 Å². The van der Waals surface area contributed by atoms with Gasteiger partial charge in [-0.25, -0.2) is 0 Å². The van der Waals surface area contributed by atoms with E-state index in [0.29, 0.717) is 13.2 Å². The lowest BCUT2D eigenvalue weighted by atomic mass is 9.89. The Bertz CT molecular complexity index is 120. The molecule has 0 bridgehead atoms. The second-order valence-electron chi connectivity index (χ2n) is 2.78. The highest BCUT2D eigenvalue weighted by molar-refractivity contribution is 5.01. The van der Waals surface area contributed by atoms with Crippen LogP contribution in [0.4, 0.5) is 0 Å². The van der Waals surface area contributed by atoms with Gasteiger partial charge in [-0.3, -0.25) is 0 Å². The molecule has 2 rings (SSSR count). The van der Waals surface area contributed by atoms with Gasteiger partial charge in [0.05, 0.1) is 19.3 Å². The summed E-state index contributed by atoms with van der Waals surface area (Å²) in [5, 5.41) is 0. The third-order valence-electron chi connectivity index (χ3n) is 2.24. The van der Waals surface area contributed by atoms with Crippen molar-refractivity contribution in [3.05, 3.63) is 0 Å². The molecule has 0 aromatic rings. The zero-order chi connectivity index (χ0) is 6.32. The molecule has 3 nitrogen and oxygen atoms in total. The summed E-state index contributed by atoms with van der Waals surface area (Å²) in [5.74, 6) is 0. The first-order chi connectivity index (χ1) is 4.33. The Morgan fingerprint density at radius 2 is 2.44 bits per heavy atom. The van der Waals surface area contributed by atoms with Crippen molar-refractivity contribution in [1.29, 1.82) is 0 Å². The molecule has 2 aliphatic heterocycles. The molecule has 0 radical (unpaired) electrons. The molecule has 0 aromatic carbocycles. The SMILES string of the molecule is NC1COC12CCOC2. The summed E-state index contributed by atoms with van der Waals surface area (Å²) in [6.07, 6.45) is 0.980. The molecule has 3 heteroatoms. The molecule has 52 valence electrons. The topological polar surface area (TPSA) is 44.5 Å². The number of rotatable bonds is 0. The van der Waals surface area contributed by atoms with Crippen molar-refractivity contribution >= 4 is 0 Å². The molecule has 0 saturated carbocycles. The molecule has 2 fully saturated rings. The number of hydrogen-bond donors (Lipinski definition) is 1. The van der Waals surface area contributed by atoms with Gasteiger partial charge in [-0.2, -0.15) is 0 Å². The Kier molecular flexibility index (Phi) is 1.06. The van der Waals surface area contributed by atoms with E-state index in [1.54, 1.807) is 0 Å². The molecule has 1 spiro atoms. The highest BCUT2D eigenvalue weighted by atomic mass is 16.6. The molecular formula is C6H11NO2. The molecule has 2 heterocycles. The molecule has 2 N–H and O–H groups in total. The Morgan fingerprint density at radius 1 is 1.56 bits per heavy atom. The highest BCUT2D eigenvalue weighted by Gasteiger charge is 2.49. The van der Waals surface area contributed by atoms with Crippen LogP contribution in [-0.2, 0) is 9.47 Å². The lowest BCUT2D eigenvalue weighted by molar-refractivity contribution is -0.163.